The van der Waals surface area contributed by atoms with Crippen LogP contribution in [0.25, 0.3) is 10.9 Å². The number of fused-ring (bicyclic) bond motifs is 4. The largest absolute Gasteiger partial charge is 0.480 e. The predicted molar refractivity (Wildman–Crippen MR) is 161 cm³/mol. The van der Waals surface area contributed by atoms with Crippen molar-refractivity contribution in [1.29, 1.82) is 0 Å². The van der Waals surface area contributed by atoms with Gasteiger partial charge in [-0.2, -0.15) is 0 Å². The molecule has 2 saturated heterocycles. The summed E-state index contributed by atoms with van der Waals surface area (Å²) in [5, 5.41) is 10.7. The molecule has 0 radical (unpaired) electrons. The number of amides is 4. The lowest BCUT2D eigenvalue weighted by molar-refractivity contribution is -0.141. The summed E-state index contributed by atoms with van der Waals surface area (Å²) in [4.78, 5) is 61.8. The Morgan fingerprint density at radius 2 is 1.67 bits per heavy atom. The van der Waals surface area contributed by atoms with E-state index in [0.717, 1.165) is 32.6 Å². The number of urea groups is 1. The van der Waals surface area contributed by atoms with Gasteiger partial charge in [0.2, 0.25) is 0 Å². The van der Waals surface area contributed by atoms with Gasteiger partial charge in [-0.3, -0.25) is 14.5 Å². The fraction of sp³-hybridized carbons (Fsp3) is 0.294. The fourth-order valence-electron chi connectivity index (χ4n) is 6.98. The maximum absolute atomic E-state index is 14.4. The zero-order chi connectivity index (χ0) is 30.0. The first kappa shape index (κ1) is 26.9. The predicted octanol–water partition coefficient (Wildman–Crippen LogP) is 5.46. The molecule has 4 heterocycles. The normalized spacial score (nSPS) is 21.6. The Balaban J connectivity index is 1.33. The topological polar surface area (TPSA) is 114 Å². The van der Waals surface area contributed by atoms with Crippen LogP contribution in [-0.2, 0) is 16.0 Å². The van der Waals surface area contributed by atoms with Gasteiger partial charge in [-0.1, -0.05) is 68.4 Å². The summed E-state index contributed by atoms with van der Waals surface area (Å²) in [6.45, 7) is 4.56. The van der Waals surface area contributed by atoms with Gasteiger partial charge in [-0.25, -0.2) is 14.5 Å². The highest BCUT2D eigenvalue weighted by Gasteiger charge is 2.54. The number of hydrogen-bond acceptors (Lipinski definition) is 4. The van der Waals surface area contributed by atoms with Gasteiger partial charge in [-0.05, 0) is 53.6 Å². The minimum absolute atomic E-state index is 0.138. The summed E-state index contributed by atoms with van der Waals surface area (Å²) in [7, 11) is 0. The zero-order valence-electron chi connectivity index (χ0n) is 24.0. The average Bonchev–Trinajstić information content (AvgIpc) is 3.71. The van der Waals surface area contributed by atoms with Crippen molar-refractivity contribution < 1.29 is 24.3 Å². The zero-order valence-corrected chi connectivity index (χ0v) is 24.0. The smallest absolute Gasteiger partial charge is 0.332 e. The number of carbonyl (C=O) groups is 4. The van der Waals surface area contributed by atoms with Gasteiger partial charge in [0, 0.05) is 29.6 Å². The highest BCUT2D eigenvalue weighted by atomic mass is 16.4. The molecular formula is C34H32N4O5. The first-order valence-corrected chi connectivity index (χ1v) is 14.7. The van der Waals surface area contributed by atoms with Crippen LogP contribution in [-0.4, -0.2) is 62.3 Å². The van der Waals surface area contributed by atoms with Crippen LogP contribution in [0, 0.1) is 0 Å². The van der Waals surface area contributed by atoms with Crippen LogP contribution >= 0.6 is 0 Å². The molecule has 7 rings (SSSR count). The molecule has 43 heavy (non-hydrogen) atoms. The third-order valence-electron chi connectivity index (χ3n) is 9.14. The van der Waals surface area contributed by atoms with Crippen LogP contribution in [0.5, 0.6) is 0 Å². The second kappa shape index (κ2) is 10.1. The molecule has 4 aromatic rings. The highest BCUT2D eigenvalue weighted by molar-refractivity contribution is 6.24. The number of aliphatic carboxylic acids is 1. The highest BCUT2D eigenvalue weighted by Crippen LogP contribution is 2.45. The molecule has 9 nitrogen and oxygen atoms in total. The number of para-hydroxylation sites is 2. The van der Waals surface area contributed by atoms with E-state index in [1.54, 1.807) is 29.2 Å². The van der Waals surface area contributed by atoms with Gasteiger partial charge in [0.1, 0.15) is 18.1 Å². The van der Waals surface area contributed by atoms with Crippen molar-refractivity contribution in [2.45, 2.75) is 57.2 Å². The van der Waals surface area contributed by atoms with Crippen molar-refractivity contribution >= 4 is 40.4 Å². The molecule has 3 aliphatic rings. The Bertz CT molecular complexity index is 1790. The van der Waals surface area contributed by atoms with Crippen molar-refractivity contribution in [3.63, 3.8) is 0 Å². The minimum Gasteiger partial charge on any atom is -0.480 e. The maximum atomic E-state index is 14.4. The van der Waals surface area contributed by atoms with E-state index in [0.29, 0.717) is 31.7 Å². The molecular weight excluding hydrogens is 544 g/mol. The van der Waals surface area contributed by atoms with E-state index in [2.05, 4.69) is 31.0 Å². The van der Waals surface area contributed by atoms with Crippen LogP contribution in [0.3, 0.4) is 0 Å². The first-order valence-electron chi connectivity index (χ1n) is 14.7. The lowest BCUT2D eigenvalue weighted by Gasteiger charge is -2.36. The Morgan fingerprint density at radius 3 is 2.42 bits per heavy atom. The summed E-state index contributed by atoms with van der Waals surface area (Å²) in [6.07, 6.45) is 1.28. The van der Waals surface area contributed by atoms with Crippen LogP contribution in [0.15, 0.2) is 72.8 Å². The molecule has 2 N–H and O–H groups in total. The van der Waals surface area contributed by atoms with E-state index in [-0.39, 0.29) is 11.3 Å². The van der Waals surface area contributed by atoms with E-state index in [1.165, 1.54) is 10.5 Å². The number of carbonyl (C=O) groups excluding carboxylic acids is 3. The number of hydrogen-bond donors (Lipinski definition) is 2. The van der Waals surface area contributed by atoms with Crippen molar-refractivity contribution in [2.24, 2.45) is 0 Å². The second-order valence-corrected chi connectivity index (χ2v) is 11.9. The van der Waals surface area contributed by atoms with Crippen LogP contribution < -0.4 is 4.90 Å². The minimum atomic E-state index is -1.06. The van der Waals surface area contributed by atoms with Crippen molar-refractivity contribution in [3.05, 3.63) is 101 Å². The second-order valence-electron chi connectivity index (χ2n) is 11.9. The summed E-state index contributed by atoms with van der Waals surface area (Å²) >= 11 is 0. The maximum Gasteiger partial charge on any atom is 0.332 e. The van der Waals surface area contributed by atoms with E-state index in [9.17, 15) is 24.3 Å². The van der Waals surface area contributed by atoms with Gasteiger partial charge in [0.15, 0.2) is 0 Å². The summed E-state index contributed by atoms with van der Waals surface area (Å²) < 4.78 is 0. The monoisotopic (exact) mass is 576 g/mol. The molecule has 0 spiro atoms. The van der Waals surface area contributed by atoms with Crippen LogP contribution in [0.2, 0.25) is 0 Å². The van der Waals surface area contributed by atoms with Gasteiger partial charge in [0.05, 0.1) is 11.3 Å². The molecule has 1 unspecified atom stereocenters. The lowest BCUT2D eigenvalue weighted by Crippen LogP contribution is -2.44. The van der Waals surface area contributed by atoms with Crippen molar-refractivity contribution in [3.8, 4) is 0 Å². The number of carboxylic acid groups (broad SMARTS) is 1. The number of aromatic nitrogens is 1. The molecule has 3 aromatic carbocycles. The number of imide groups is 1. The van der Waals surface area contributed by atoms with E-state index in [4.69, 9.17) is 0 Å². The molecule has 0 bridgehead atoms. The number of rotatable bonds is 5. The number of aromatic amines is 1. The first-order chi connectivity index (χ1) is 20.8. The number of benzene rings is 3. The number of carboxylic acids is 1. The molecule has 3 atom stereocenters. The Morgan fingerprint density at radius 1 is 0.953 bits per heavy atom. The molecule has 4 amide bonds. The Kier molecular flexibility index (Phi) is 6.34. The lowest BCUT2D eigenvalue weighted by atomic mass is 9.88. The van der Waals surface area contributed by atoms with Gasteiger partial charge in [0.25, 0.3) is 11.8 Å². The summed E-state index contributed by atoms with van der Waals surface area (Å²) in [5.74, 6) is -1.62. The number of nitrogens with one attached hydrogen (secondary N) is 1. The number of H-pyrrole nitrogens is 1. The van der Waals surface area contributed by atoms with Crippen molar-refractivity contribution in [2.75, 3.05) is 11.4 Å². The fourth-order valence-corrected chi connectivity index (χ4v) is 6.98. The average molecular weight is 577 g/mol. The molecule has 3 aliphatic heterocycles. The van der Waals surface area contributed by atoms with Gasteiger partial charge in [-0.15, -0.1) is 0 Å². The molecule has 2 fully saturated rings. The summed E-state index contributed by atoms with van der Waals surface area (Å²) in [6, 6.07) is 19.9. The number of likely N-dealkylation sites (tertiary alicyclic amines) is 1. The van der Waals surface area contributed by atoms with Crippen molar-refractivity contribution in [1.82, 2.24) is 14.8 Å². The molecule has 0 aliphatic carbocycles. The quantitative estimate of drug-likeness (QED) is 0.306. The third-order valence-corrected chi connectivity index (χ3v) is 9.14. The van der Waals surface area contributed by atoms with Crippen LogP contribution in [0.4, 0.5) is 10.5 Å². The van der Waals surface area contributed by atoms with E-state index >= 15 is 0 Å². The molecule has 218 valence electrons. The van der Waals surface area contributed by atoms with E-state index < -0.39 is 41.9 Å². The SMILES string of the molecule is CC(C)c1ccc(C2c3[nH]c4ccccc4c3C[C@H]3C(=O)N(c4ccccc4C(=O)N4CCC[C@H]4C(=O)O)C(=O)N23)cc1. The molecule has 0 saturated carbocycles. The Hall–Kier alpha value is -4.92. The van der Waals surface area contributed by atoms with Gasteiger partial charge < -0.3 is 15.0 Å². The summed E-state index contributed by atoms with van der Waals surface area (Å²) in [5.41, 5.74) is 5.20. The number of nitrogens with zero attached hydrogens (tertiary/aromatic N) is 3. The standard InChI is InChI=1S/C34H32N4O5/c1-19(2)20-13-15-21(16-14-20)30-29-24(22-8-3-5-10-25(22)35-29)18-28-32(40)38(34(43)37(28)30)26-11-6-4-9-23(26)31(39)36-17-7-12-27(36)33(41)42/h3-6,8-11,13-16,19,27-28,30,35H,7,12,17-18H2,1-2H3,(H,41,42)/t27-,28-,30?/m0/s1. The molecule has 1 aromatic heterocycles. The Labute approximate surface area is 248 Å². The number of anilines is 1. The van der Waals surface area contributed by atoms with Gasteiger partial charge >= 0.3 is 12.0 Å². The molecule has 9 heteroatoms. The van der Waals surface area contributed by atoms with E-state index in [1.807, 2.05) is 36.4 Å². The van der Waals surface area contributed by atoms with Crippen LogP contribution in [0.1, 0.15) is 71.4 Å². The third kappa shape index (κ3) is 4.13.